The van der Waals surface area contributed by atoms with Gasteiger partial charge in [0.1, 0.15) is 0 Å². The number of benzene rings is 1. The van der Waals surface area contributed by atoms with Crippen molar-refractivity contribution in [2.75, 3.05) is 0 Å². The lowest BCUT2D eigenvalue weighted by molar-refractivity contribution is -0.0738. The molecule has 1 aromatic carbocycles. The molecular weight excluding hydrogens is 246 g/mol. The van der Waals surface area contributed by atoms with E-state index < -0.39 is 11.0 Å². The van der Waals surface area contributed by atoms with Crippen LogP contribution in [0.1, 0.15) is 56.1 Å². The minimum Gasteiger partial charge on any atom is -0.388 e. The number of aliphatic hydroxyl groups is 1. The van der Waals surface area contributed by atoms with Crippen molar-refractivity contribution in [3.8, 4) is 6.07 Å². The number of fused-ring (bicyclic) bond motifs is 1. The van der Waals surface area contributed by atoms with Crippen molar-refractivity contribution in [3.63, 3.8) is 0 Å². The molecule has 0 amide bonds. The molecular formula is C18H23NO. The summed E-state index contributed by atoms with van der Waals surface area (Å²) in [5.74, 6) is 0. The maximum atomic E-state index is 11.2. The standard InChI is InChI=1S/C18H23NO/c19-14-17(18(20)10-5-1-2-6-11-18)12-9-15-7-3-4-8-16(15)13-17/h3-4,7-8,20H,1-2,5-6,9-13H2. The summed E-state index contributed by atoms with van der Waals surface area (Å²) >= 11 is 0. The fraction of sp³-hybridized carbons (Fsp3) is 0.611. The average Bonchev–Trinajstić information content (AvgIpc) is 2.72. The number of rotatable bonds is 1. The Morgan fingerprint density at radius 2 is 1.60 bits per heavy atom. The van der Waals surface area contributed by atoms with Crippen molar-refractivity contribution in [2.24, 2.45) is 5.41 Å². The predicted molar refractivity (Wildman–Crippen MR) is 79.2 cm³/mol. The first-order valence-corrected chi connectivity index (χ1v) is 7.90. The topological polar surface area (TPSA) is 44.0 Å². The van der Waals surface area contributed by atoms with E-state index in [1.165, 1.54) is 24.0 Å². The molecule has 1 saturated carbocycles. The van der Waals surface area contributed by atoms with Gasteiger partial charge in [-0.25, -0.2) is 0 Å². The summed E-state index contributed by atoms with van der Waals surface area (Å²) in [6, 6.07) is 10.9. The monoisotopic (exact) mass is 269 g/mol. The quantitative estimate of drug-likeness (QED) is 0.789. The molecule has 1 atom stereocenters. The molecule has 0 aromatic heterocycles. The summed E-state index contributed by atoms with van der Waals surface area (Å²) in [4.78, 5) is 0. The molecule has 0 saturated heterocycles. The van der Waals surface area contributed by atoms with Crippen molar-refractivity contribution in [3.05, 3.63) is 35.4 Å². The highest BCUT2D eigenvalue weighted by molar-refractivity contribution is 5.34. The molecule has 1 N–H and O–H groups in total. The van der Waals surface area contributed by atoms with Gasteiger partial charge in [-0.15, -0.1) is 0 Å². The normalized spacial score (nSPS) is 29.0. The predicted octanol–water partition coefficient (Wildman–Crippen LogP) is 3.77. The van der Waals surface area contributed by atoms with Crippen molar-refractivity contribution >= 4 is 0 Å². The summed E-state index contributed by atoms with van der Waals surface area (Å²) in [7, 11) is 0. The average molecular weight is 269 g/mol. The Bertz CT molecular complexity index is 522. The van der Waals surface area contributed by atoms with E-state index in [-0.39, 0.29) is 0 Å². The molecule has 2 nitrogen and oxygen atoms in total. The first-order valence-electron chi connectivity index (χ1n) is 7.90. The fourth-order valence-corrected chi connectivity index (χ4v) is 4.12. The lowest BCUT2D eigenvalue weighted by Crippen LogP contribution is -2.50. The van der Waals surface area contributed by atoms with Gasteiger partial charge in [0.25, 0.3) is 0 Å². The van der Waals surface area contributed by atoms with E-state index in [1.807, 2.05) is 6.07 Å². The van der Waals surface area contributed by atoms with Crippen LogP contribution in [0.5, 0.6) is 0 Å². The van der Waals surface area contributed by atoms with Crippen molar-refractivity contribution in [2.45, 2.75) is 63.4 Å². The molecule has 2 heteroatoms. The van der Waals surface area contributed by atoms with Crippen LogP contribution in [-0.4, -0.2) is 10.7 Å². The maximum Gasteiger partial charge on any atom is 0.0903 e. The fourth-order valence-electron chi connectivity index (χ4n) is 4.12. The molecule has 0 aliphatic heterocycles. The second-order valence-electron chi connectivity index (χ2n) is 6.59. The van der Waals surface area contributed by atoms with Crippen LogP contribution < -0.4 is 0 Å². The van der Waals surface area contributed by atoms with Gasteiger partial charge >= 0.3 is 0 Å². The van der Waals surface area contributed by atoms with E-state index in [9.17, 15) is 10.4 Å². The summed E-state index contributed by atoms with van der Waals surface area (Å²) in [6.07, 6.45) is 8.54. The largest absolute Gasteiger partial charge is 0.388 e. The Hall–Kier alpha value is -1.33. The van der Waals surface area contributed by atoms with E-state index in [2.05, 4.69) is 24.3 Å². The molecule has 106 valence electrons. The molecule has 0 bridgehead atoms. The first kappa shape index (κ1) is 13.6. The van der Waals surface area contributed by atoms with Crippen LogP contribution in [0.4, 0.5) is 0 Å². The minimum absolute atomic E-state index is 0.578. The molecule has 1 unspecified atom stereocenters. The molecule has 2 aliphatic carbocycles. The summed E-state index contributed by atoms with van der Waals surface area (Å²) in [5, 5.41) is 21.1. The molecule has 1 fully saturated rings. The van der Waals surface area contributed by atoms with E-state index in [4.69, 9.17) is 0 Å². The SMILES string of the molecule is N#CC1(C2(O)CCCCCC2)CCc2ccccc2C1. The Morgan fingerprint density at radius 1 is 0.950 bits per heavy atom. The van der Waals surface area contributed by atoms with Crippen molar-refractivity contribution < 1.29 is 5.11 Å². The number of aryl methyl sites for hydroxylation is 1. The van der Waals surface area contributed by atoms with Crippen LogP contribution in [-0.2, 0) is 12.8 Å². The van der Waals surface area contributed by atoms with Crippen LogP contribution in [0.25, 0.3) is 0 Å². The Kier molecular flexibility index (Phi) is 3.56. The zero-order valence-electron chi connectivity index (χ0n) is 12.1. The highest BCUT2D eigenvalue weighted by atomic mass is 16.3. The summed E-state index contributed by atoms with van der Waals surface area (Å²) in [6.45, 7) is 0. The summed E-state index contributed by atoms with van der Waals surface area (Å²) in [5.41, 5.74) is 1.26. The molecule has 0 radical (unpaired) electrons. The number of hydrogen-bond donors (Lipinski definition) is 1. The van der Waals surface area contributed by atoms with Crippen LogP contribution in [0.2, 0.25) is 0 Å². The highest BCUT2D eigenvalue weighted by Gasteiger charge is 2.51. The van der Waals surface area contributed by atoms with E-state index >= 15 is 0 Å². The van der Waals surface area contributed by atoms with Crippen LogP contribution in [0, 0.1) is 16.7 Å². The van der Waals surface area contributed by atoms with Gasteiger partial charge < -0.3 is 5.11 Å². The van der Waals surface area contributed by atoms with E-state index in [0.717, 1.165) is 44.9 Å². The Labute approximate surface area is 121 Å². The third-order valence-corrected chi connectivity index (χ3v) is 5.47. The first-order chi connectivity index (χ1) is 9.69. The molecule has 3 rings (SSSR count). The van der Waals surface area contributed by atoms with Gasteiger partial charge in [0.05, 0.1) is 17.1 Å². The molecule has 20 heavy (non-hydrogen) atoms. The van der Waals surface area contributed by atoms with Crippen LogP contribution >= 0.6 is 0 Å². The van der Waals surface area contributed by atoms with Gasteiger partial charge in [0.15, 0.2) is 0 Å². The molecule has 2 aliphatic rings. The maximum absolute atomic E-state index is 11.2. The number of hydrogen-bond acceptors (Lipinski definition) is 2. The molecule has 0 heterocycles. The summed E-state index contributed by atoms with van der Waals surface area (Å²) < 4.78 is 0. The molecule has 0 spiro atoms. The van der Waals surface area contributed by atoms with Gasteiger partial charge in [0.2, 0.25) is 0 Å². The third kappa shape index (κ3) is 2.15. The minimum atomic E-state index is -0.786. The second kappa shape index (κ2) is 5.22. The van der Waals surface area contributed by atoms with Crippen LogP contribution in [0.3, 0.4) is 0 Å². The van der Waals surface area contributed by atoms with Gasteiger partial charge in [-0.2, -0.15) is 5.26 Å². The Balaban J connectivity index is 1.95. The van der Waals surface area contributed by atoms with Crippen LogP contribution in [0.15, 0.2) is 24.3 Å². The Morgan fingerprint density at radius 3 is 2.25 bits per heavy atom. The van der Waals surface area contributed by atoms with E-state index in [0.29, 0.717) is 0 Å². The zero-order valence-corrected chi connectivity index (χ0v) is 12.1. The lowest BCUT2D eigenvalue weighted by atomic mass is 9.60. The van der Waals surface area contributed by atoms with Gasteiger partial charge in [-0.1, -0.05) is 49.9 Å². The van der Waals surface area contributed by atoms with Gasteiger partial charge in [-0.3, -0.25) is 0 Å². The van der Waals surface area contributed by atoms with Gasteiger partial charge in [0, 0.05) is 0 Å². The van der Waals surface area contributed by atoms with Gasteiger partial charge in [-0.05, 0) is 43.2 Å². The lowest BCUT2D eigenvalue weighted by Gasteiger charge is -2.45. The number of nitriles is 1. The highest BCUT2D eigenvalue weighted by Crippen LogP contribution is 2.48. The second-order valence-corrected chi connectivity index (χ2v) is 6.59. The number of nitrogens with zero attached hydrogens (tertiary/aromatic N) is 1. The third-order valence-electron chi connectivity index (χ3n) is 5.47. The van der Waals surface area contributed by atoms with Crippen molar-refractivity contribution in [1.29, 1.82) is 5.26 Å². The van der Waals surface area contributed by atoms with E-state index in [1.54, 1.807) is 0 Å². The van der Waals surface area contributed by atoms with Crippen molar-refractivity contribution in [1.82, 2.24) is 0 Å². The zero-order chi connectivity index (χ0) is 14.1. The molecule has 1 aromatic rings. The smallest absolute Gasteiger partial charge is 0.0903 e.